The number of rotatable bonds is 11. The molecule has 0 saturated carbocycles. The summed E-state index contributed by atoms with van der Waals surface area (Å²) in [7, 11) is 1.58. The Hall–Kier alpha value is -5.55. The van der Waals surface area contributed by atoms with Crippen molar-refractivity contribution >= 4 is 47.1 Å². The van der Waals surface area contributed by atoms with Crippen molar-refractivity contribution < 1.29 is 28.1 Å². The average Bonchev–Trinajstić information content (AvgIpc) is 3.70. The molecule has 10 nitrogen and oxygen atoms in total. The summed E-state index contributed by atoms with van der Waals surface area (Å²) in [6.45, 7) is 3.52. The van der Waals surface area contributed by atoms with Gasteiger partial charge in [0.15, 0.2) is 5.82 Å². The molecule has 3 amide bonds. The van der Waals surface area contributed by atoms with E-state index >= 15 is 0 Å². The van der Waals surface area contributed by atoms with E-state index in [4.69, 9.17) is 13.7 Å². The fraction of sp³-hybridized carbons (Fsp3) is 0.118. The maximum atomic E-state index is 13.5. The zero-order valence-electron chi connectivity index (χ0n) is 24.7. The number of anilines is 2. The molecule has 1 atom stereocenters. The lowest BCUT2D eigenvalue weighted by molar-refractivity contribution is -0.115. The van der Waals surface area contributed by atoms with Gasteiger partial charge >= 0.3 is 0 Å². The highest BCUT2D eigenvalue weighted by atomic mass is 32.2. The molecule has 228 valence electrons. The van der Waals surface area contributed by atoms with Gasteiger partial charge in [-0.2, -0.15) is 0 Å². The van der Waals surface area contributed by atoms with Gasteiger partial charge in [0.05, 0.1) is 17.9 Å². The van der Waals surface area contributed by atoms with E-state index in [2.05, 4.69) is 21.1 Å². The van der Waals surface area contributed by atoms with Gasteiger partial charge in [0, 0.05) is 28.3 Å². The standard InChI is InChI=1S/C34H30N4O6S/c1-21-19-31(38-44-21)37-32(39)22(2)45-26-16-13-24(14-17-26)35-34(41)28(36-33(40)23-9-5-4-6-10-23)20-25-15-18-30(43-25)27-11-7-8-12-29(27)42-3/h4-20,22H,1-3H3,(H,35,41)(H,36,40)(H,37,38,39). The Morgan fingerprint density at radius 3 is 2.36 bits per heavy atom. The Bertz CT molecular complexity index is 1830. The first kappa shape index (κ1) is 30.9. The number of furan rings is 1. The number of nitrogens with one attached hydrogen (secondary N) is 3. The number of methoxy groups -OCH3 is 1. The number of nitrogens with zero attached hydrogens (tertiary/aromatic N) is 1. The molecule has 11 heteroatoms. The summed E-state index contributed by atoms with van der Waals surface area (Å²) in [5.41, 5.74) is 1.62. The van der Waals surface area contributed by atoms with E-state index in [9.17, 15) is 14.4 Å². The van der Waals surface area contributed by atoms with Crippen molar-refractivity contribution in [2.45, 2.75) is 24.0 Å². The molecular weight excluding hydrogens is 592 g/mol. The second-order valence-corrected chi connectivity index (χ2v) is 11.2. The Balaban J connectivity index is 1.30. The van der Waals surface area contributed by atoms with Crippen LogP contribution in [0.1, 0.15) is 28.8 Å². The van der Waals surface area contributed by atoms with E-state index in [-0.39, 0.29) is 11.6 Å². The molecule has 0 radical (unpaired) electrons. The number of thioether (sulfide) groups is 1. The summed E-state index contributed by atoms with van der Waals surface area (Å²) >= 11 is 1.35. The molecule has 45 heavy (non-hydrogen) atoms. The fourth-order valence-corrected chi connectivity index (χ4v) is 5.10. The van der Waals surface area contributed by atoms with Crippen LogP contribution in [0.3, 0.4) is 0 Å². The zero-order chi connectivity index (χ0) is 31.8. The number of aromatic nitrogens is 1. The first-order valence-electron chi connectivity index (χ1n) is 13.9. The van der Waals surface area contributed by atoms with Crippen molar-refractivity contribution in [3.05, 3.63) is 120 Å². The van der Waals surface area contributed by atoms with E-state index in [0.29, 0.717) is 40.1 Å². The molecule has 3 aromatic carbocycles. The summed E-state index contributed by atoms with van der Waals surface area (Å²) in [6.07, 6.45) is 1.47. The molecule has 5 aromatic rings. The first-order chi connectivity index (χ1) is 21.8. The molecule has 2 aromatic heterocycles. The maximum Gasteiger partial charge on any atom is 0.272 e. The summed E-state index contributed by atoms with van der Waals surface area (Å²) in [6, 6.07) is 28.1. The van der Waals surface area contributed by atoms with Gasteiger partial charge < -0.3 is 29.6 Å². The van der Waals surface area contributed by atoms with Gasteiger partial charge in [-0.3, -0.25) is 14.4 Å². The number of benzene rings is 3. The molecule has 0 aliphatic heterocycles. The van der Waals surface area contributed by atoms with Gasteiger partial charge in [-0.1, -0.05) is 35.5 Å². The number of hydrogen-bond acceptors (Lipinski definition) is 8. The summed E-state index contributed by atoms with van der Waals surface area (Å²) in [4.78, 5) is 39.8. The van der Waals surface area contributed by atoms with Crippen molar-refractivity contribution in [3.8, 4) is 17.1 Å². The van der Waals surface area contributed by atoms with Crippen LogP contribution in [-0.2, 0) is 9.59 Å². The smallest absolute Gasteiger partial charge is 0.272 e. The van der Waals surface area contributed by atoms with Crippen molar-refractivity contribution in [2.75, 3.05) is 17.7 Å². The molecule has 0 saturated heterocycles. The third-order valence-corrected chi connectivity index (χ3v) is 7.60. The topological polar surface area (TPSA) is 136 Å². The average molecular weight is 623 g/mol. The summed E-state index contributed by atoms with van der Waals surface area (Å²) in [5, 5.41) is 11.6. The number of aryl methyl sites for hydroxylation is 1. The quantitative estimate of drug-likeness (QED) is 0.108. The Kier molecular flexibility index (Phi) is 9.80. The lowest BCUT2D eigenvalue weighted by Gasteiger charge is -2.13. The van der Waals surface area contributed by atoms with Crippen LogP contribution in [0.2, 0.25) is 0 Å². The van der Waals surface area contributed by atoms with Crippen LogP contribution in [0.15, 0.2) is 117 Å². The predicted octanol–water partition coefficient (Wildman–Crippen LogP) is 6.78. The normalized spacial score (nSPS) is 11.8. The monoisotopic (exact) mass is 622 g/mol. The highest BCUT2D eigenvalue weighted by Crippen LogP contribution is 2.31. The Morgan fingerprint density at radius 1 is 0.911 bits per heavy atom. The van der Waals surface area contributed by atoms with E-state index in [1.807, 2.05) is 24.3 Å². The molecule has 0 spiro atoms. The van der Waals surface area contributed by atoms with Gasteiger partial charge in [-0.15, -0.1) is 11.8 Å². The second-order valence-electron chi connectivity index (χ2n) is 9.83. The van der Waals surface area contributed by atoms with Crippen molar-refractivity contribution in [3.63, 3.8) is 0 Å². The van der Waals surface area contributed by atoms with E-state index in [1.165, 1.54) is 17.8 Å². The number of para-hydroxylation sites is 1. The minimum Gasteiger partial charge on any atom is -0.496 e. The minimum atomic E-state index is -0.550. The second kappa shape index (κ2) is 14.3. The molecule has 0 aliphatic carbocycles. The molecule has 2 heterocycles. The fourth-order valence-electron chi connectivity index (χ4n) is 4.23. The molecule has 5 rings (SSSR count). The van der Waals surface area contributed by atoms with E-state index in [0.717, 1.165) is 10.5 Å². The van der Waals surface area contributed by atoms with Crippen LogP contribution >= 0.6 is 11.8 Å². The van der Waals surface area contributed by atoms with Gasteiger partial charge in [0.25, 0.3) is 11.8 Å². The maximum absolute atomic E-state index is 13.5. The Labute approximate surface area is 263 Å². The zero-order valence-corrected chi connectivity index (χ0v) is 25.5. The van der Waals surface area contributed by atoms with E-state index in [1.54, 1.807) is 93.8 Å². The molecule has 0 bridgehead atoms. The third-order valence-electron chi connectivity index (χ3n) is 6.49. The largest absolute Gasteiger partial charge is 0.496 e. The SMILES string of the molecule is COc1ccccc1-c1ccc(C=C(NC(=O)c2ccccc2)C(=O)Nc2ccc(SC(C)C(=O)Nc3cc(C)on3)cc2)o1. The first-order valence-corrected chi connectivity index (χ1v) is 14.8. The summed E-state index contributed by atoms with van der Waals surface area (Å²) in [5.74, 6) is 1.27. The van der Waals surface area contributed by atoms with Crippen molar-refractivity contribution in [2.24, 2.45) is 0 Å². The minimum absolute atomic E-state index is 0.0170. The number of ether oxygens (including phenoxy) is 1. The van der Waals surface area contributed by atoms with Gasteiger partial charge in [-0.05, 0) is 74.5 Å². The molecular formula is C34H30N4O6S. The molecule has 1 unspecified atom stereocenters. The van der Waals surface area contributed by atoms with Gasteiger partial charge in [-0.25, -0.2) is 0 Å². The third kappa shape index (κ3) is 8.09. The van der Waals surface area contributed by atoms with Crippen molar-refractivity contribution in [1.82, 2.24) is 10.5 Å². The molecule has 3 N–H and O–H groups in total. The predicted molar refractivity (Wildman–Crippen MR) is 173 cm³/mol. The number of hydrogen-bond donors (Lipinski definition) is 3. The summed E-state index contributed by atoms with van der Waals surface area (Å²) < 4.78 is 16.4. The van der Waals surface area contributed by atoms with Crippen LogP contribution in [0.5, 0.6) is 5.75 Å². The van der Waals surface area contributed by atoms with Crippen molar-refractivity contribution in [1.29, 1.82) is 0 Å². The number of amides is 3. The molecule has 0 fully saturated rings. The van der Waals surface area contributed by atoms with Crippen LogP contribution in [0, 0.1) is 6.92 Å². The number of carbonyl (C=O) groups is 3. The van der Waals surface area contributed by atoms with Crippen LogP contribution in [-0.4, -0.2) is 35.2 Å². The lowest BCUT2D eigenvalue weighted by atomic mass is 10.1. The van der Waals surface area contributed by atoms with Gasteiger partial charge in [0.1, 0.15) is 28.7 Å². The number of carbonyl (C=O) groups excluding carboxylic acids is 3. The van der Waals surface area contributed by atoms with Crippen LogP contribution in [0.25, 0.3) is 17.4 Å². The van der Waals surface area contributed by atoms with Gasteiger partial charge in [0.2, 0.25) is 5.91 Å². The van der Waals surface area contributed by atoms with Crippen LogP contribution < -0.4 is 20.7 Å². The Morgan fingerprint density at radius 2 is 1.64 bits per heavy atom. The molecule has 0 aliphatic rings. The highest BCUT2D eigenvalue weighted by Gasteiger charge is 2.19. The van der Waals surface area contributed by atoms with E-state index < -0.39 is 17.1 Å². The lowest BCUT2D eigenvalue weighted by Crippen LogP contribution is -2.30. The van der Waals surface area contributed by atoms with Crippen LogP contribution in [0.4, 0.5) is 11.5 Å². The highest BCUT2D eigenvalue weighted by molar-refractivity contribution is 8.00.